The third-order valence-electron chi connectivity index (χ3n) is 3.69. The zero-order valence-corrected chi connectivity index (χ0v) is 10.4. The van der Waals surface area contributed by atoms with Crippen molar-refractivity contribution in [2.45, 2.75) is 38.0 Å². The molecular weight excluding hydrogens is 231 g/mol. The van der Waals surface area contributed by atoms with E-state index in [0.717, 1.165) is 25.1 Å². The molecule has 0 radical (unpaired) electrons. The van der Waals surface area contributed by atoms with Gasteiger partial charge in [0.15, 0.2) is 0 Å². The average molecular weight is 250 g/mol. The Kier molecular flexibility index (Phi) is 3.22. The van der Waals surface area contributed by atoms with Crippen molar-refractivity contribution >= 4 is 5.69 Å². The predicted octanol–water partition coefficient (Wildman–Crippen LogP) is 1.65. The second kappa shape index (κ2) is 4.86. The molecule has 3 nitrogen and oxygen atoms in total. The lowest BCUT2D eigenvalue weighted by molar-refractivity contribution is 0.198. The van der Waals surface area contributed by atoms with Gasteiger partial charge in [0.25, 0.3) is 0 Å². The standard InChI is InChI=1S/C14H19FN2O/c15-13-7-10(8-16-11-2-3-11)1-4-14(13)17-6-5-12(18)9-17/h1,4,7,11-12,16,18H,2-3,5-6,8-9H2. The maximum Gasteiger partial charge on any atom is 0.146 e. The van der Waals surface area contributed by atoms with Crippen LogP contribution in [0.1, 0.15) is 24.8 Å². The van der Waals surface area contributed by atoms with Gasteiger partial charge in [0, 0.05) is 25.7 Å². The molecule has 2 aliphatic rings. The third kappa shape index (κ3) is 2.65. The Morgan fingerprint density at radius 2 is 2.17 bits per heavy atom. The molecular formula is C14H19FN2O. The Hall–Kier alpha value is -1.13. The summed E-state index contributed by atoms with van der Waals surface area (Å²) in [5.74, 6) is -0.181. The van der Waals surface area contributed by atoms with Gasteiger partial charge in [-0.05, 0) is 37.0 Å². The fourth-order valence-electron chi connectivity index (χ4n) is 2.43. The fraction of sp³-hybridized carbons (Fsp3) is 0.571. The van der Waals surface area contributed by atoms with Crippen LogP contribution in [-0.2, 0) is 6.54 Å². The van der Waals surface area contributed by atoms with Crippen molar-refractivity contribution in [1.82, 2.24) is 5.32 Å². The maximum absolute atomic E-state index is 14.0. The second-order valence-corrected chi connectivity index (χ2v) is 5.33. The number of nitrogens with zero attached hydrogens (tertiary/aromatic N) is 1. The van der Waals surface area contributed by atoms with Gasteiger partial charge in [-0.3, -0.25) is 0 Å². The Morgan fingerprint density at radius 3 is 2.78 bits per heavy atom. The summed E-state index contributed by atoms with van der Waals surface area (Å²) >= 11 is 0. The highest BCUT2D eigenvalue weighted by atomic mass is 19.1. The van der Waals surface area contributed by atoms with Gasteiger partial charge in [-0.1, -0.05) is 6.07 Å². The predicted molar refractivity (Wildman–Crippen MR) is 69.1 cm³/mol. The summed E-state index contributed by atoms with van der Waals surface area (Å²) in [7, 11) is 0. The Balaban J connectivity index is 1.67. The van der Waals surface area contributed by atoms with Gasteiger partial charge in [0.2, 0.25) is 0 Å². The van der Waals surface area contributed by atoms with Crippen molar-refractivity contribution < 1.29 is 9.50 Å². The monoisotopic (exact) mass is 250 g/mol. The van der Waals surface area contributed by atoms with Crippen molar-refractivity contribution in [1.29, 1.82) is 0 Å². The van der Waals surface area contributed by atoms with Gasteiger partial charge in [-0.15, -0.1) is 0 Å². The summed E-state index contributed by atoms with van der Waals surface area (Å²) in [6, 6.07) is 6.05. The number of anilines is 1. The molecule has 1 atom stereocenters. The lowest BCUT2D eigenvalue weighted by atomic mass is 10.2. The highest BCUT2D eigenvalue weighted by Crippen LogP contribution is 2.25. The van der Waals surface area contributed by atoms with Crippen LogP contribution in [0.4, 0.5) is 10.1 Å². The van der Waals surface area contributed by atoms with Crippen LogP contribution in [-0.4, -0.2) is 30.3 Å². The molecule has 1 saturated carbocycles. The molecule has 1 aromatic carbocycles. The Bertz CT molecular complexity index is 434. The molecule has 18 heavy (non-hydrogen) atoms. The molecule has 3 rings (SSSR count). The largest absolute Gasteiger partial charge is 0.391 e. The van der Waals surface area contributed by atoms with Gasteiger partial charge in [-0.25, -0.2) is 4.39 Å². The van der Waals surface area contributed by atoms with Crippen LogP contribution in [0.25, 0.3) is 0 Å². The lowest BCUT2D eigenvalue weighted by Gasteiger charge is -2.19. The van der Waals surface area contributed by atoms with E-state index in [9.17, 15) is 9.50 Å². The van der Waals surface area contributed by atoms with E-state index in [1.54, 1.807) is 6.07 Å². The molecule has 1 heterocycles. The zero-order chi connectivity index (χ0) is 12.5. The Labute approximate surface area is 107 Å². The first-order valence-electron chi connectivity index (χ1n) is 6.67. The van der Waals surface area contributed by atoms with Crippen LogP contribution in [0, 0.1) is 5.82 Å². The first-order chi connectivity index (χ1) is 8.72. The summed E-state index contributed by atoms with van der Waals surface area (Å²) in [5, 5.41) is 12.9. The normalized spacial score (nSPS) is 23.7. The number of rotatable bonds is 4. The maximum atomic E-state index is 14.0. The number of benzene rings is 1. The SMILES string of the molecule is OC1CCN(c2ccc(CNC3CC3)cc2F)C1. The minimum Gasteiger partial charge on any atom is -0.391 e. The smallest absolute Gasteiger partial charge is 0.146 e. The van der Waals surface area contributed by atoms with E-state index in [1.807, 2.05) is 17.0 Å². The molecule has 1 saturated heterocycles. The second-order valence-electron chi connectivity index (χ2n) is 5.33. The van der Waals surface area contributed by atoms with E-state index in [1.165, 1.54) is 12.8 Å². The minimum atomic E-state index is -0.319. The van der Waals surface area contributed by atoms with Crippen LogP contribution in [0.2, 0.25) is 0 Å². The summed E-state index contributed by atoms with van der Waals surface area (Å²) < 4.78 is 14.0. The fourth-order valence-corrected chi connectivity index (χ4v) is 2.43. The number of aliphatic hydroxyl groups is 1. The number of nitrogens with one attached hydrogen (secondary N) is 1. The summed E-state index contributed by atoms with van der Waals surface area (Å²) in [5.41, 5.74) is 1.60. The van der Waals surface area contributed by atoms with Crippen molar-refractivity contribution in [2.75, 3.05) is 18.0 Å². The van der Waals surface area contributed by atoms with E-state index in [-0.39, 0.29) is 11.9 Å². The summed E-state index contributed by atoms with van der Waals surface area (Å²) in [6.45, 7) is 2.01. The van der Waals surface area contributed by atoms with Gasteiger partial charge < -0.3 is 15.3 Å². The van der Waals surface area contributed by atoms with Gasteiger partial charge in [0.1, 0.15) is 5.82 Å². The van der Waals surface area contributed by atoms with Gasteiger partial charge in [0.05, 0.1) is 11.8 Å². The molecule has 1 aliphatic carbocycles. The summed E-state index contributed by atoms with van der Waals surface area (Å²) in [4.78, 5) is 1.91. The highest BCUT2D eigenvalue weighted by molar-refractivity contribution is 5.50. The first-order valence-corrected chi connectivity index (χ1v) is 6.67. The number of hydrogen-bond acceptors (Lipinski definition) is 3. The molecule has 0 amide bonds. The minimum absolute atomic E-state index is 0.181. The van der Waals surface area contributed by atoms with E-state index in [2.05, 4.69) is 5.32 Å². The topological polar surface area (TPSA) is 35.5 Å². The quantitative estimate of drug-likeness (QED) is 0.853. The Morgan fingerprint density at radius 1 is 1.33 bits per heavy atom. The number of β-amino-alcohol motifs (C(OH)–C–C–N with tert-alkyl or cyclic N) is 1. The van der Waals surface area contributed by atoms with Crippen LogP contribution in [0.5, 0.6) is 0 Å². The molecule has 0 spiro atoms. The van der Waals surface area contributed by atoms with Gasteiger partial charge in [-0.2, -0.15) is 0 Å². The molecule has 0 aromatic heterocycles. The molecule has 1 aromatic rings. The lowest BCUT2D eigenvalue weighted by Crippen LogP contribution is -2.22. The summed E-state index contributed by atoms with van der Waals surface area (Å²) in [6.07, 6.45) is 2.89. The molecule has 0 bridgehead atoms. The van der Waals surface area contributed by atoms with Crippen molar-refractivity contribution in [3.8, 4) is 0 Å². The van der Waals surface area contributed by atoms with Crippen molar-refractivity contribution in [2.24, 2.45) is 0 Å². The third-order valence-corrected chi connectivity index (χ3v) is 3.69. The first kappa shape index (κ1) is 11.9. The van der Waals surface area contributed by atoms with Gasteiger partial charge >= 0.3 is 0 Å². The van der Waals surface area contributed by atoms with Crippen LogP contribution in [0.15, 0.2) is 18.2 Å². The van der Waals surface area contributed by atoms with E-state index in [4.69, 9.17) is 0 Å². The van der Waals surface area contributed by atoms with Crippen molar-refractivity contribution in [3.63, 3.8) is 0 Å². The molecule has 2 fully saturated rings. The van der Waals surface area contributed by atoms with E-state index in [0.29, 0.717) is 18.3 Å². The highest BCUT2D eigenvalue weighted by Gasteiger charge is 2.23. The van der Waals surface area contributed by atoms with Crippen LogP contribution in [0.3, 0.4) is 0 Å². The molecule has 2 N–H and O–H groups in total. The zero-order valence-electron chi connectivity index (χ0n) is 10.4. The molecule has 1 aliphatic heterocycles. The number of aliphatic hydroxyl groups excluding tert-OH is 1. The molecule has 1 unspecified atom stereocenters. The molecule has 98 valence electrons. The van der Waals surface area contributed by atoms with E-state index < -0.39 is 0 Å². The molecule has 4 heteroatoms. The van der Waals surface area contributed by atoms with E-state index >= 15 is 0 Å². The number of halogens is 1. The van der Waals surface area contributed by atoms with Crippen molar-refractivity contribution in [3.05, 3.63) is 29.6 Å². The van der Waals surface area contributed by atoms with Crippen LogP contribution < -0.4 is 10.2 Å². The number of hydrogen-bond donors (Lipinski definition) is 2. The average Bonchev–Trinajstić information content (AvgIpc) is 3.09. The van der Waals surface area contributed by atoms with Crippen LogP contribution >= 0.6 is 0 Å².